The molecule has 31 heavy (non-hydrogen) atoms. The van der Waals surface area contributed by atoms with E-state index in [0.717, 1.165) is 30.4 Å². The van der Waals surface area contributed by atoms with Crippen LogP contribution in [0.1, 0.15) is 51.2 Å². The maximum Gasteiger partial charge on any atom is 0.290 e. The molecule has 1 saturated heterocycles. The van der Waals surface area contributed by atoms with Crippen molar-refractivity contribution in [1.29, 1.82) is 5.26 Å². The molecule has 3 rings (SSSR count). The largest absolute Gasteiger partial charge is 0.385 e. The number of fused-ring (bicyclic) bond motifs is 1. The number of imidazole rings is 1. The third-order valence-electron chi connectivity index (χ3n) is 5.60. The summed E-state index contributed by atoms with van der Waals surface area (Å²) in [6, 6.07) is 10.3. The van der Waals surface area contributed by atoms with Crippen LogP contribution in [0.25, 0.3) is 11.0 Å². The van der Waals surface area contributed by atoms with Gasteiger partial charge in [-0.25, -0.2) is 4.98 Å². The highest BCUT2D eigenvalue weighted by Gasteiger charge is 2.32. The number of benzene rings is 1. The third kappa shape index (κ3) is 6.05. The Labute approximate surface area is 186 Å². The first kappa shape index (κ1) is 24.8. The van der Waals surface area contributed by atoms with Crippen LogP contribution in [0.2, 0.25) is 0 Å². The number of nitrogens with one attached hydrogen (secondary N) is 1. The zero-order chi connectivity index (χ0) is 21.5. The first-order valence-corrected chi connectivity index (χ1v) is 10.9. The zero-order valence-corrected chi connectivity index (χ0v) is 18.3. The van der Waals surface area contributed by atoms with Gasteiger partial charge in [-0.3, -0.25) is 4.79 Å². The number of nitriles is 1. The van der Waals surface area contributed by atoms with Gasteiger partial charge in [0.25, 0.3) is 5.91 Å². The molecule has 0 radical (unpaired) electrons. The number of methoxy groups -OCH3 is 1. The van der Waals surface area contributed by atoms with Gasteiger partial charge in [0.05, 0.1) is 23.0 Å². The van der Waals surface area contributed by atoms with Gasteiger partial charge in [0.2, 0.25) is 0 Å². The number of aryl methyl sites for hydroxylation is 1. The normalized spacial score (nSPS) is 18.5. The molecule has 2 heterocycles. The van der Waals surface area contributed by atoms with Gasteiger partial charge in [-0.1, -0.05) is 33.4 Å². The Morgan fingerprint density at radius 1 is 1.35 bits per heavy atom. The van der Waals surface area contributed by atoms with Gasteiger partial charge in [0.15, 0.2) is 5.82 Å². The van der Waals surface area contributed by atoms with Crippen LogP contribution in [0.15, 0.2) is 24.3 Å². The van der Waals surface area contributed by atoms with Crippen molar-refractivity contribution >= 4 is 16.9 Å². The first-order valence-electron chi connectivity index (χ1n) is 10.9. The number of aromatic nitrogens is 2. The summed E-state index contributed by atoms with van der Waals surface area (Å²) in [5.74, 6) is 0.709. The van der Waals surface area contributed by atoms with Gasteiger partial charge >= 0.3 is 0 Å². The fourth-order valence-corrected chi connectivity index (χ4v) is 4.16. The molecular weight excluding hydrogens is 390 g/mol. The molecule has 7 heteroatoms. The van der Waals surface area contributed by atoms with Crippen LogP contribution < -0.4 is 5.32 Å². The topological polar surface area (TPSA) is 83.2 Å². The molecule has 0 unspecified atom stereocenters. The van der Waals surface area contributed by atoms with E-state index in [2.05, 4.69) is 29.8 Å². The lowest BCUT2D eigenvalue weighted by molar-refractivity contribution is 0.0586. The highest BCUT2D eigenvalue weighted by Crippen LogP contribution is 2.23. The van der Waals surface area contributed by atoms with Crippen LogP contribution >= 0.6 is 0 Å². The summed E-state index contributed by atoms with van der Waals surface area (Å²) < 4.78 is 7.23. The molecule has 170 valence electrons. The van der Waals surface area contributed by atoms with E-state index >= 15 is 0 Å². The van der Waals surface area contributed by atoms with Crippen LogP contribution in [0, 0.1) is 23.2 Å². The molecule has 1 aromatic heterocycles. The summed E-state index contributed by atoms with van der Waals surface area (Å²) in [5.41, 5.74) is 1.83. The summed E-state index contributed by atoms with van der Waals surface area (Å²) >= 11 is 0. The molecule has 1 N–H and O–H groups in total. The monoisotopic (exact) mass is 427 g/mol. The van der Waals surface area contributed by atoms with E-state index in [4.69, 9.17) is 9.72 Å². The summed E-state index contributed by atoms with van der Waals surface area (Å²) in [4.78, 5) is 20.4. The Balaban J connectivity index is 0.00000341. The molecule has 1 aromatic carbocycles. The van der Waals surface area contributed by atoms with E-state index in [1.165, 1.54) is 0 Å². The molecule has 7 nitrogen and oxygen atoms in total. The number of piperidine rings is 1. The van der Waals surface area contributed by atoms with Crippen molar-refractivity contribution in [3.63, 3.8) is 0 Å². The van der Waals surface area contributed by atoms with Gasteiger partial charge in [-0.05, 0) is 37.3 Å². The molecule has 2 atom stereocenters. The number of unbranched alkanes of at least 4 members (excludes halogenated alkanes) is 1. The highest BCUT2D eigenvalue weighted by molar-refractivity contribution is 5.95. The number of amides is 1. The number of carbonyl (C=O) groups is 1. The van der Waals surface area contributed by atoms with Crippen LogP contribution in [0.5, 0.6) is 0 Å². The number of hydrogen-bond acceptors (Lipinski definition) is 5. The molecular formula is C24H37N5O2. The second-order valence-corrected chi connectivity index (χ2v) is 8.50. The van der Waals surface area contributed by atoms with E-state index in [9.17, 15) is 10.1 Å². The van der Waals surface area contributed by atoms with Gasteiger partial charge in [-0.15, -0.1) is 0 Å². The fraction of sp³-hybridized carbons (Fsp3) is 0.625. The average molecular weight is 428 g/mol. The SMILES string of the molecule is C.COCCCCn1c(C(=O)N(CC(C)C)[C@@H]2CNC[C@H](C#N)C2)nc2ccccc21. The van der Waals surface area contributed by atoms with Gasteiger partial charge in [0.1, 0.15) is 0 Å². The number of rotatable bonds is 9. The Kier molecular flexibility index (Phi) is 9.47. The van der Waals surface area contributed by atoms with Crippen LogP contribution in [0.4, 0.5) is 0 Å². The maximum absolute atomic E-state index is 13.8. The minimum Gasteiger partial charge on any atom is -0.385 e. The molecule has 1 aliphatic rings. The lowest BCUT2D eigenvalue weighted by Crippen LogP contribution is -2.52. The number of nitrogens with zero attached hydrogens (tertiary/aromatic N) is 4. The molecule has 0 spiro atoms. The van der Waals surface area contributed by atoms with Crippen molar-refractivity contribution < 1.29 is 9.53 Å². The van der Waals surface area contributed by atoms with Crippen molar-refractivity contribution in [3.8, 4) is 6.07 Å². The second-order valence-electron chi connectivity index (χ2n) is 8.50. The number of ether oxygens (including phenoxy) is 1. The molecule has 1 amide bonds. The summed E-state index contributed by atoms with van der Waals surface area (Å²) in [5, 5.41) is 12.7. The van der Waals surface area contributed by atoms with Crippen molar-refractivity contribution in [1.82, 2.24) is 19.8 Å². The van der Waals surface area contributed by atoms with Crippen molar-refractivity contribution in [2.45, 2.75) is 53.1 Å². The molecule has 0 bridgehead atoms. The van der Waals surface area contributed by atoms with E-state index in [1.54, 1.807) is 7.11 Å². The number of para-hydroxylation sites is 2. The van der Waals surface area contributed by atoms with Crippen molar-refractivity contribution in [3.05, 3.63) is 30.1 Å². The average Bonchev–Trinajstić information content (AvgIpc) is 3.13. The van der Waals surface area contributed by atoms with Gasteiger partial charge in [-0.2, -0.15) is 5.26 Å². The summed E-state index contributed by atoms with van der Waals surface area (Å²) in [7, 11) is 1.71. The highest BCUT2D eigenvalue weighted by atomic mass is 16.5. The maximum atomic E-state index is 13.8. The zero-order valence-electron chi connectivity index (χ0n) is 18.3. The Morgan fingerprint density at radius 3 is 2.84 bits per heavy atom. The quantitative estimate of drug-likeness (QED) is 0.617. The van der Waals surface area contributed by atoms with Gasteiger partial charge in [0, 0.05) is 45.9 Å². The number of carbonyl (C=O) groups excluding carboxylic acids is 1. The molecule has 0 aliphatic carbocycles. The molecule has 1 fully saturated rings. The lowest BCUT2D eigenvalue weighted by Gasteiger charge is -2.37. The van der Waals surface area contributed by atoms with Crippen LogP contribution in [-0.4, -0.2) is 59.8 Å². The van der Waals surface area contributed by atoms with Gasteiger partial charge < -0.3 is 19.5 Å². The molecule has 0 saturated carbocycles. The minimum atomic E-state index is -0.0703. The Bertz CT molecular complexity index is 886. The first-order chi connectivity index (χ1) is 14.5. The van der Waals surface area contributed by atoms with E-state index in [0.29, 0.717) is 44.4 Å². The van der Waals surface area contributed by atoms with Crippen LogP contribution in [-0.2, 0) is 11.3 Å². The fourth-order valence-electron chi connectivity index (χ4n) is 4.16. The third-order valence-corrected chi connectivity index (χ3v) is 5.60. The van der Waals surface area contributed by atoms with Crippen LogP contribution in [0.3, 0.4) is 0 Å². The van der Waals surface area contributed by atoms with E-state index < -0.39 is 0 Å². The standard InChI is InChI=1S/C23H33N5O2.CH4/c1-17(2)16-28(19-12-18(13-24)14-25-15-19)23(29)22-26-20-8-4-5-9-21(20)27(22)10-6-7-11-30-3;/h4-5,8-9,17-19,25H,6-7,10-12,14-16H2,1-3H3;1H4/t18-,19-;/m0./s1. The summed E-state index contributed by atoms with van der Waals surface area (Å²) in [6.45, 7) is 7.72. The van der Waals surface area contributed by atoms with Crippen molar-refractivity contribution in [2.75, 3.05) is 33.4 Å². The molecule has 1 aliphatic heterocycles. The van der Waals surface area contributed by atoms with E-state index in [1.807, 2.05) is 29.2 Å². The predicted octanol–water partition coefficient (Wildman–Crippen LogP) is 3.70. The van der Waals surface area contributed by atoms with Crippen molar-refractivity contribution in [2.24, 2.45) is 11.8 Å². The second kappa shape index (κ2) is 11.8. The minimum absolute atomic E-state index is 0. The lowest BCUT2D eigenvalue weighted by atomic mass is 9.95. The Hall–Kier alpha value is -2.43. The number of hydrogen-bond donors (Lipinski definition) is 1. The predicted molar refractivity (Wildman–Crippen MR) is 124 cm³/mol. The Morgan fingerprint density at radius 2 is 2.13 bits per heavy atom. The molecule has 2 aromatic rings. The van der Waals surface area contributed by atoms with E-state index in [-0.39, 0.29) is 25.3 Å². The smallest absolute Gasteiger partial charge is 0.290 e. The summed E-state index contributed by atoms with van der Waals surface area (Å²) in [6.07, 6.45) is 2.55.